The molecule has 0 radical (unpaired) electrons. The zero-order valence-corrected chi connectivity index (χ0v) is 20.5. The Labute approximate surface area is 198 Å². The predicted molar refractivity (Wildman–Crippen MR) is 128 cm³/mol. The van der Waals surface area contributed by atoms with Gasteiger partial charge in [-0.05, 0) is 18.2 Å². The van der Waals surface area contributed by atoms with Crippen LogP contribution in [0.1, 0.15) is 11.3 Å². The number of thiazole rings is 1. The van der Waals surface area contributed by atoms with E-state index in [9.17, 15) is 8.42 Å². The highest BCUT2D eigenvalue weighted by molar-refractivity contribution is 7.89. The summed E-state index contributed by atoms with van der Waals surface area (Å²) < 4.78 is 43.9. The lowest BCUT2D eigenvalue weighted by Crippen LogP contribution is -2.48. The topological polar surface area (TPSA) is 81.2 Å². The summed E-state index contributed by atoms with van der Waals surface area (Å²) in [5.74, 6) is 1.67. The molecule has 0 saturated carbocycles. The van der Waals surface area contributed by atoms with Crippen LogP contribution >= 0.6 is 11.3 Å². The van der Waals surface area contributed by atoms with Crippen molar-refractivity contribution < 1.29 is 22.6 Å². The van der Waals surface area contributed by atoms with Crippen molar-refractivity contribution >= 4 is 26.5 Å². The molecule has 0 aliphatic carbocycles. The molecule has 0 unspecified atom stereocenters. The highest BCUT2D eigenvalue weighted by Crippen LogP contribution is 2.32. The van der Waals surface area contributed by atoms with Crippen LogP contribution in [0.3, 0.4) is 0 Å². The van der Waals surface area contributed by atoms with Gasteiger partial charge in [-0.3, -0.25) is 0 Å². The smallest absolute Gasteiger partial charge is 0.246 e. The Morgan fingerprint density at radius 3 is 2.36 bits per heavy atom. The summed E-state index contributed by atoms with van der Waals surface area (Å²) in [6.45, 7) is 1.89. The Bertz CT molecular complexity index is 1200. The van der Waals surface area contributed by atoms with Crippen LogP contribution in [-0.2, 0) is 16.4 Å². The lowest BCUT2D eigenvalue weighted by molar-refractivity contribution is 0.370. The Balaban J connectivity index is 1.43. The molecule has 0 atom stereocenters. The van der Waals surface area contributed by atoms with E-state index in [1.54, 1.807) is 30.6 Å². The number of hydrogen-bond donors (Lipinski definition) is 0. The van der Waals surface area contributed by atoms with Crippen LogP contribution < -0.4 is 19.1 Å². The van der Waals surface area contributed by atoms with Gasteiger partial charge in [0.2, 0.25) is 10.0 Å². The standard InChI is InChI=1S/C23H27N3O5S2/c1-29-19-8-9-22(21(15-19)31-3)33(27,28)26-12-10-25(11-13-26)23-24-18(16-32-23)14-17-6-4-5-7-20(17)30-2/h4-9,15-16H,10-14H2,1-3H3. The van der Waals surface area contributed by atoms with Crippen molar-refractivity contribution in [2.24, 2.45) is 0 Å². The summed E-state index contributed by atoms with van der Waals surface area (Å²) in [5, 5.41) is 2.95. The predicted octanol–water partition coefficient (Wildman–Crippen LogP) is 3.27. The average molecular weight is 490 g/mol. The molecule has 2 heterocycles. The van der Waals surface area contributed by atoms with Crippen molar-refractivity contribution in [1.29, 1.82) is 0 Å². The van der Waals surface area contributed by atoms with Crippen molar-refractivity contribution in [3.05, 3.63) is 59.1 Å². The number of piperazine rings is 1. The fourth-order valence-electron chi connectivity index (χ4n) is 3.81. The molecule has 4 rings (SSSR count). The molecule has 1 saturated heterocycles. The molecule has 10 heteroatoms. The molecule has 1 aliphatic rings. The summed E-state index contributed by atoms with van der Waals surface area (Å²) in [6.07, 6.45) is 0.687. The normalized spacial score (nSPS) is 14.8. The first-order valence-electron chi connectivity index (χ1n) is 10.5. The number of benzene rings is 2. The second-order valence-corrected chi connectivity index (χ2v) is 10.3. The molecule has 176 valence electrons. The number of para-hydroxylation sites is 1. The van der Waals surface area contributed by atoms with Gasteiger partial charge in [-0.2, -0.15) is 4.31 Å². The Morgan fingerprint density at radius 2 is 1.67 bits per heavy atom. The van der Waals surface area contributed by atoms with Gasteiger partial charge in [-0.1, -0.05) is 18.2 Å². The van der Waals surface area contributed by atoms with Crippen LogP contribution in [-0.4, -0.2) is 65.2 Å². The van der Waals surface area contributed by atoms with Crippen LogP contribution in [0, 0.1) is 0 Å². The number of sulfonamides is 1. The van der Waals surface area contributed by atoms with Gasteiger partial charge in [-0.25, -0.2) is 13.4 Å². The molecule has 1 aromatic heterocycles. The van der Waals surface area contributed by atoms with Crippen LogP contribution in [0.25, 0.3) is 0 Å². The van der Waals surface area contributed by atoms with Gasteiger partial charge in [-0.15, -0.1) is 11.3 Å². The third kappa shape index (κ3) is 4.92. The van der Waals surface area contributed by atoms with E-state index in [-0.39, 0.29) is 10.6 Å². The Morgan fingerprint density at radius 1 is 0.939 bits per heavy atom. The number of ether oxygens (including phenoxy) is 3. The van der Waals surface area contributed by atoms with E-state index in [0.717, 1.165) is 22.1 Å². The average Bonchev–Trinajstić information content (AvgIpc) is 3.32. The minimum Gasteiger partial charge on any atom is -0.497 e. The molecule has 0 bridgehead atoms. The minimum absolute atomic E-state index is 0.146. The molecule has 1 fully saturated rings. The molecule has 33 heavy (non-hydrogen) atoms. The monoisotopic (exact) mass is 489 g/mol. The molecular weight excluding hydrogens is 462 g/mol. The van der Waals surface area contributed by atoms with Crippen molar-refractivity contribution in [2.75, 3.05) is 52.4 Å². The lowest BCUT2D eigenvalue weighted by Gasteiger charge is -2.34. The molecule has 1 aliphatic heterocycles. The summed E-state index contributed by atoms with van der Waals surface area (Å²) in [7, 11) is 0.969. The number of nitrogens with zero attached hydrogens (tertiary/aromatic N) is 3. The van der Waals surface area contributed by atoms with Crippen molar-refractivity contribution in [1.82, 2.24) is 9.29 Å². The quantitative estimate of drug-likeness (QED) is 0.480. The van der Waals surface area contributed by atoms with E-state index in [2.05, 4.69) is 4.90 Å². The van der Waals surface area contributed by atoms with E-state index in [1.165, 1.54) is 24.6 Å². The first-order valence-corrected chi connectivity index (χ1v) is 12.8. The highest BCUT2D eigenvalue weighted by Gasteiger charge is 2.31. The second-order valence-electron chi connectivity index (χ2n) is 7.52. The van der Waals surface area contributed by atoms with Crippen LogP contribution in [0.5, 0.6) is 17.2 Å². The molecular formula is C23H27N3O5S2. The molecule has 0 spiro atoms. The lowest BCUT2D eigenvalue weighted by atomic mass is 10.1. The number of hydrogen-bond acceptors (Lipinski definition) is 8. The maximum absolute atomic E-state index is 13.2. The van der Waals surface area contributed by atoms with Crippen molar-refractivity contribution in [2.45, 2.75) is 11.3 Å². The van der Waals surface area contributed by atoms with Gasteiger partial charge >= 0.3 is 0 Å². The molecule has 0 amide bonds. The number of methoxy groups -OCH3 is 3. The van der Waals surface area contributed by atoms with E-state index < -0.39 is 10.0 Å². The SMILES string of the molecule is COc1ccc(S(=O)(=O)N2CCN(c3nc(Cc4ccccc4OC)cs3)CC2)c(OC)c1. The summed E-state index contributed by atoms with van der Waals surface area (Å²) >= 11 is 1.58. The van der Waals surface area contributed by atoms with Gasteiger partial charge in [0.1, 0.15) is 22.1 Å². The maximum Gasteiger partial charge on any atom is 0.246 e. The molecule has 2 aromatic carbocycles. The van der Waals surface area contributed by atoms with E-state index in [0.29, 0.717) is 38.3 Å². The van der Waals surface area contributed by atoms with Gasteiger partial charge in [0, 0.05) is 49.6 Å². The third-order valence-corrected chi connectivity index (χ3v) is 8.49. The van der Waals surface area contributed by atoms with Gasteiger partial charge in [0.15, 0.2) is 5.13 Å². The maximum atomic E-state index is 13.2. The fraction of sp³-hybridized carbons (Fsp3) is 0.348. The van der Waals surface area contributed by atoms with Crippen LogP contribution in [0.2, 0.25) is 0 Å². The van der Waals surface area contributed by atoms with Gasteiger partial charge in [0.25, 0.3) is 0 Å². The zero-order valence-electron chi connectivity index (χ0n) is 18.9. The summed E-state index contributed by atoms with van der Waals surface area (Å²) in [5.41, 5.74) is 2.05. The fourth-order valence-corrected chi connectivity index (χ4v) is 6.25. The Kier molecular flexibility index (Phi) is 7.06. The van der Waals surface area contributed by atoms with E-state index in [1.807, 2.05) is 29.6 Å². The molecule has 3 aromatic rings. The summed E-state index contributed by atoms with van der Waals surface area (Å²) in [4.78, 5) is 7.06. The molecule has 0 N–H and O–H groups in total. The van der Waals surface area contributed by atoms with Crippen molar-refractivity contribution in [3.63, 3.8) is 0 Å². The number of rotatable bonds is 8. The van der Waals surface area contributed by atoms with Crippen LogP contribution in [0.4, 0.5) is 5.13 Å². The van der Waals surface area contributed by atoms with Gasteiger partial charge in [0.05, 0.1) is 27.0 Å². The largest absolute Gasteiger partial charge is 0.497 e. The zero-order chi connectivity index (χ0) is 23.4. The Hall–Kier alpha value is -2.82. The van der Waals surface area contributed by atoms with Crippen LogP contribution in [0.15, 0.2) is 52.7 Å². The van der Waals surface area contributed by atoms with Gasteiger partial charge < -0.3 is 19.1 Å². The first kappa shape index (κ1) is 23.3. The second kappa shape index (κ2) is 9.98. The number of aromatic nitrogens is 1. The van der Waals surface area contributed by atoms with Crippen molar-refractivity contribution in [3.8, 4) is 17.2 Å². The van der Waals surface area contributed by atoms with E-state index in [4.69, 9.17) is 19.2 Å². The minimum atomic E-state index is -3.68. The summed E-state index contributed by atoms with van der Waals surface area (Å²) in [6, 6.07) is 12.7. The first-order chi connectivity index (χ1) is 16.0. The third-order valence-electron chi connectivity index (χ3n) is 5.60. The number of anilines is 1. The molecule has 8 nitrogen and oxygen atoms in total. The van der Waals surface area contributed by atoms with E-state index >= 15 is 0 Å². The highest BCUT2D eigenvalue weighted by atomic mass is 32.2.